The van der Waals surface area contributed by atoms with Crippen LogP contribution in [0.3, 0.4) is 0 Å². The average molecular weight is 562 g/mol. The van der Waals surface area contributed by atoms with Crippen LogP contribution in [-0.2, 0) is 0 Å². The average Bonchev–Trinajstić information content (AvgIpc) is 2.42. The highest BCUT2D eigenvalue weighted by atomic mass is 127. The molecule has 0 fully saturated rings. The molecule has 0 spiro atoms. The minimum Gasteiger partial charge on any atom is -0.224 e. The molecule has 0 atom stereocenters. The highest BCUT2D eigenvalue weighted by Gasteiger charge is 2.75. The minimum atomic E-state index is -6.68. The Morgan fingerprint density at radius 2 is 0.786 bits per heavy atom. The van der Waals surface area contributed by atoms with Gasteiger partial charge in [0.2, 0.25) is 0 Å². The van der Waals surface area contributed by atoms with Gasteiger partial charge in [-0.1, -0.05) is 35.4 Å². The van der Waals surface area contributed by atoms with E-state index in [0.29, 0.717) is 0 Å². The van der Waals surface area contributed by atoms with Crippen LogP contribution < -0.4 is 0 Å². The third kappa shape index (κ3) is 6.12. The molecule has 0 aliphatic heterocycles. The zero-order chi connectivity index (χ0) is 22.8. The van der Waals surface area contributed by atoms with Crippen LogP contribution in [0.4, 0.5) is 61.5 Å². The molecule has 0 rings (SSSR count). The summed E-state index contributed by atoms with van der Waals surface area (Å²) >= 11 is 1.67. The molecule has 28 heavy (non-hydrogen) atoms. The maximum atomic E-state index is 13.8. The van der Waals surface area contributed by atoms with Gasteiger partial charge in [0.15, 0.2) is 0 Å². The number of unbranched alkanes of at least 4 members (excludes halogenated alkanes) is 1. The van der Waals surface area contributed by atoms with Crippen LogP contribution in [0.2, 0.25) is 0 Å². The zero-order valence-electron chi connectivity index (χ0n) is 13.5. The van der Waals surface area contributed by atoms with E-state index >= 15 is 0 Å². The maximum absolute atomic E-state index is 13.8. The summed E-state index contributed by atoms with van der Waals surface area (Å²) in [6, 6.07) is 0. The summed E-state index contributed by atoms with van der Waals surface area (Å²) in [5.74, 6) is -2.84. The van der Waals surface area contributed by atoms with Crippen molar-refractivity contribution in [3.05, 3.63) is 0 Å². The van der Waals surface area contributed by atoms with Gasteiger partial charge in [0.05, 0.1) is 0 Å². The summed E-state index contributed by atoms with van der Waals surface area (Å²) in [5, 5.41) is 0. The molecule has 170 valence electrons. The van der Waals surface area contributed by atoms with E-state index < -0.39 is 67.6 Å². The number of rotatable bonds is 8. The van der Waals surface area contributed by atoms with Crippen LogP contribution in [-0.4, -0.2) is 40.5 Å². The fourth-order valence-corrected chi connectivity index (χ4v) is 2.92. The summed E-state index contributed by atoms with van der Waals surface area (Å²) in [4.78, 5) is 0. The Bertz CT molecular complexity index is 417. The molecule has 0 aliphatic carbocycles. The van der Waals surface area contributed by atoms with E-state index in [1.165, 1.54) is 0 Å². The van der Waals surface area contributed by atoms with Gasteiger partial charge in [-0.3, -0.25) is 0 Å². The Morgan fingerprint density at radius 1 is 0.500 bits per heavy atom. The van der Waals surface area contributed by atoms with Crippen molar-refractivity contribution in [1.29, 1.82) is 0 Å². The number of hydrogen-bond donors (Lipinski definition) is 0. The SMILES string of the molecule is FC(F)(F)C(F)(CC(CCCCI)CC(F)(C(F)(F)F)C(F)(F)F)C(F)(F)F. The van der Waals surface area contributed by atoms with Crippen LogP contribution in [0.25, 0.3) is 0 Å². The van der Waals surface area contributed by atoms with Gasteiger partial charge >= 0.3 is 24.7 Å². The highest BCUT2D eigenvalue weighted by Crippen LogP contribution is 2.55. The van der Waals surface area contributed by atoms with Crippen molar-refractivity contribution in [2.75, 3.05) is 4.43 Å². The van der Waals surface area contributed by atoms with E-state index in [9.17, 15) is 61.5 Å². The first kappa shape index (κ1) is 27.8. The molecule has 0 N–H and O–H groups in total. The van der Waals surface area contributed by atoms with Crippen molar-refractivity contribution in [1.82, 2.24) is 0 Å². The first-order valence-corrected chi connectivity index (χ1v) is 8.87. The second-order valence-corrected chi connectivity index (χ2v) is 7.13. The number of hydrogen-bond acceptors (Lipinski definition) is 0. The normalized spacial score (nSPS) is 15.4. The lowest BCUT2D eigenvalue weighted by Crippen LogP contribution is -2.57. The summed E-state index contributed by atoms with van der Waals surface area (Å²) in [6.45, 7) is 0. The third-order valence-corrected chi connectivity index (χ3v) is 4.70. The van der Waals surface area contributed by atoms with Gasteiger partial charge in [-0.05, 0) is 16.8 Å². The fourth-order valence-electron chi connectivity index (χ4n) is 2.38. The Labute approximate surface area is 163 Å². The van der Waals surface area contributed by atoms with Crippen molar-refractivity contribution in [2.24, 2.45) is 5.92 Å². The molecule has 0 saturated heterocycles. The minimum absolute atomic E-state index is 0.00823. The number of alkyl halides is 15. The van der Waals surface area contributed by atoms with Crippen LogP contribution in [0, 0.1) is 5.92 Å². The lowest BCUT2D eigenvalue weighted by Gasteiger charge is -2.37. The van der Waals surface area contributed by atoms with Crippen molar-refractivity contribution >= 4 is 22.6 Å². The summed E-state index contributed by atoms with van der Waals surface area (Å²) < 4.78 is 179. The Hall–Kier alpha value is -0.250. The topological polar surface area (TPSA) is 0 Å². The molecular formula is C13H13F14I. The molecule has 0 amide bonds. The molecule has 0 heterocycles. The second-order valence-electron chi connectivity index (χ2n) is 6.05. The van der Waals surface area contributed by atoms with E-state index in [4.69, 9.17) is 0 Å². The van der Waals surface area contributed by atoms with Crippen molar-refractivity contribution in [3.63, 3.8) is 0 Å². The van der Waals surface area contributed by atoms with Crippen LogP contribution in [0.1, 0.15) is 32.1 Å². The monoisotopic (exact) mass is 562 g/mol. The summed E-state index contributed by atoms with van der Waals surface area (Å²) in [6.07, 6.45) is -33.9. The van der Waals surface area contributed by atoms with Crippen LogP contribution in [0.15, 0.2) is 0 Å². The quantitative estimate of drug-likeness (QED) is 0.124. The van der Waals surface area contributed by atoms with Gasteiger partial charge in [0.1, 0.15) is 0 Å². The summed E-state index contributed by atoms with van der Waals surface area (Å²) in [7, 11) is 0. The molecular weight excluding hydrogens is 549 g/mol. The Balaban J connectivity index is 6.08. The molecule has 0 aromatic rings. The van der Waals surface area contributed by atoms with E-state index in [1.54, 1.807) is 22.6 Å². The van der Waals surface area contributed by atoms with Gasteiger partial charge in [0.25, 0.3) is 11.3 Å². The molecule has 0 bridgehead atoms. The van der Waals surface area contributed by atoms with Gasteiger partial charge in [-0.25, -0.2) is 8.78 Å². The number of halogens is 15. The molecule has 0 saturated carbocycles. The van der Waals surface area contributed by atoms with Crippen molar-refractivity contribution in [2.45, 2.75) is 68.1 Å². The van der Waals surface area contributed by atoms with E-state index in [1.807, 2.05) is 0 Å². The smallest absolute Gasteiger partial charge is 0.224 e. The van der Waals surface area contributed by atoms with Gasteiger partial charge in [-0.2, -0.15) is 52.7 Å². The molecule has 0 nitrogen and oxygen atoms in total. The molecule has 15 heteroatoms. The molecule has 0 unspecified atom stereocenters. The van der Waals surface area contributed by atoms with E-state index in [2.05, 4.69) is 0 Å². The first-order chi connectivity index (χ1) is 12.1. The highest BCUT2D eigenvalue weighted by molar-refractivity contribution is 14.1. The molecule has 0 aromatic carbocycles. The molecule has 0 aliphatic rings. The largest absolute Gasteiger partial charge is 0.431 e. The zero-order valence-corrected chi connectivity index (χ0v) is 15.6. The molecule has 0 radical (unpaired) electrons. The summed E-state index contributed by atoms with van der Waals surface area (Å²) in [5.41, 5.74) is -12.2. The second kappa shape index (κ2) is 8.86. The Kier molecular flexibility index (Phi) is 8.78. The predicted octanol–water partition coefficient (Wildman–Crippen LogP) is 7.65. The standard InChI is InChI=1S/C13H13F14I/c14-8(10(16,17)18,11(19,20)21)5-7(3-1-2-4-28)6-9(15,12(22,23)24)13(25,26)27/h7H,1-6H2. The lowest BCUT2D eigenvalue weighted by atomic mass is 9.80. The van der Waals surface area contributed by atoms with E-state index in [0.717, 1.165) is 0 Å². The van der Waals surface area contributed by atoms with Crippen molar-refractivity contribution in [3.8, 4) is 0 Å². The van der Waals surface area contributed by atoms with E-state index in [-0.39, 0.29) is 10.8 Å². The maximum Gasteiger partial charge on any atom is 0.431 e. The third-order valence-electron chi connectivity index (χ3n) is 3.93. The van der Waals surface area contributed by atoms with Crippen LogP contribution >= 0.6 is 22.6 Å². The van der Waals surface area contributed by atoms with Gasteiger partial charge in [0, 0.05) is 12.8 Å². The van der Waals surface area contributed by atoms with Crippen LogP contribution in [0.5, 0.6) is 0 Å². The van der Waals surface area contributed by atoms with Gasteiger partial charge in [-0.15, -0.1) is 0 Å². The van der Waals surface area contributed by atoms with Crippen molar-refractivity contribution < 1.29 is 61.5 Å². The fraction of sp³-hybridized carbons (Fsp3) is 1.00. The lowest BCUT2D eigenvalue weighted by molar-refractivity contribution is -0.356. The van der Waals surface area contributed by atoms with Gasteiger partial charge < -0.3 is 0 Å². The first-order valence-electron chi connectivity index (χ1n) is 7.34. The molecule has 0 aromatic heterocycles. The predicted molar refractivity (Wildman–Crippen MR) is 77.4 cm³/mol. The Morgan fingerprint density at radius 3 is 1.00 bits per heavy atom.